The van der Waals surface area contributed by atoms with Gasteiger partial charge in [0.15, 0.2) is 0 Å². The van der Waals surface area contributed by atoms with Crippen LogP contribution in [0.3, 0.4) is 0 Å². The van der Waals surface area contributed by atoms with Crippen LogP contribution in [0.4, 0.5) is 0 Å². The first kappa shape index (κ1) is 10.5. The second-order valence-corrected chi connectivity index (χ2v) is 3.50. The molecule has 82 valence electrons. The molecule has 0 saturated heterocycles. The molecule has 0 aliphatic carbocycles. The first-order valence-electron chi connectivity index (χ1n) is 5.09. The van der Waals surface area contributed by atoms with Gasteiger partial charge in [-0.15, -0.1) is 0 Å². The van der Waals surface area contributed by atoms with E-state index in [1.165, 1.54) is 0 Å². The van der Waals surface area contributed by atoms with E-state index in [1.807, 2.05) is 36.4 Å². The number of carboxylic acids is 1. The first-order valence-corrected chi connectivity index (χ1v) is 5.09. The Hall–Kier alpha value is -2.03. The molecule has 16 heavy (non-hydrogen) atoms. The Kier molecular flexibility index (Phi) is 3.05. The lowest BCUT2D eigenvalue weighted by molar-refractivity contribution is -0.305. The number of benzene rings is 1. The molecular weight excluding hydrogens is 204 g/mol. The van der Waals surface area contributed by atoms with E-state index in [2.05, 4.69) is 0 Å². The standard InChI is InChI=1S/C13H12O3/c14-13(15)9-7-11-6-8-12(16-11)10-4-2-1-3-5-10/h1-6,8H,7,9H2,(H,14,15)/p-1. The highest BCUT2D eigenvalue weighted by atomic mass is 16.4. The minimum absolute atomic E-state index is 0.0122. The molecule has 0 amide bonds. The lowest BCUT2D eigenvalue weighted by atomic mass is 10.2. The van der Waals surface area contributed by atoms with Crippen LogP contribution in [0.15, 0.2) is 46.9 Å². The summed E-state index contributed by atoms with van der Waals surface area (Å²) in [7, 11) is 0. The topological polar surface area (TPSA) is 53.3 Å². The predicted molar refractivity (Wildman–Crippen MR) is 57.5 cm³/mol. The van der Waals surface area contributed by atoms with Crippen LogP contribution in [0, 0.1) is 0 Å². The molecule has 0 N–H and O–H groups in total. The van der Waals surface area contributed by atoms with Crippen LogP contribution in [0.2, 0.25) is 0 Å². The van der Waals surface area contributed by atoms with Gasteiger partial charge >= 0.3 is 0 Å². The van der Waals surface area contributed by atoms with Gasteiger partial charge in [-0.3, -0.25) is 0 Å². The van der Waals surface area contributed by atoms with Crippen molar-refractivity contribution in [2.75, 3.05) is 0 Å². The van der Waals surface area contributed by atoms with E-state index in [0.717, 1.165) is 11.3 Å². The third-order valence-corrected chi connectivity index (χ3v) is 2.30. The smallest absolute Gasteiger partial charge is 0.134 e. The lowest BCUT2D eigenvalue weighted by Crippen LogP contribution is -2.22. The zero-order valence-electron chi connectivity index (χ0n) is 8.68. The molecule has 1 heterocycles. The van der Waals surface area contributed by atoms with E-state index in [4.69, 9.17) is 4.42 Å². The van der Waals surface area contributed by atoms with Crippen molar-refractivity contribution in [3.05, 3.63) is 48.2 Å². The molecule has 1 aromatic carbocycles. The van der Waals surface area contributed by atoms with Crippen molar-refractivity contribution in [1.82, 2.24) is 0 Å². The van der Waals surface area contributed by atoms with E-state index >= 15 is 0 Å². The van der Waals surface area contributed by atoms with Gasteiger partial charge in [-0.2, -0.15) is 0 Å². The normalized spacial score (nSPS) is 10.2. The second kappa shape index (κ2) is 4.66. The molecule has 0 spiro atoms. The maximum atomic E-state index is 10.3. The third-order valence-electron chi connectivity index (χ3n) is 2.30. The van der Waals surface area contributed by atoms with Gasteiger partial charge in [-0.05, 0) is 18.6 Å². The fraction of sp³-hybridized carbons (Fsp3) is 0.154. The van der Waals surface area contributed by atoms with Gasteiger partial charge in [0.05, 0.1) is 0 Å². The number of carbonyl (C=O) groups is 1. The third kappa shape index (κ3) is 2.51. The van der Waals surface area contributed by atoms with Crippen LogP contribution in [-0.4, -0.2) is 5.97 Å². The number of carboxylic acid groups (broad SMARTS) is 1. The Morgan fingerprint density at radius 1 is 1.12 bits per heavy atom. The molecule has 0 radical (unpaired) electrons. The number of aliphatic carboxylic acids is 1. The van der Waals surface area contributed by atoms with Crippen molar-refractivity contribution >= 4 is 5.97 Å². The van der Waals surface area contributed by atoms with E-state index in [9.17, 15) is 9.90 Å². The lowest BCUT2D eigenvalue weighted by Gasteiger charge is -1.99. The SMILES string of the molecule is O=C([O-])CCc1ccc(-c2ccccc2)o1. The van der Waals surface area contributed by atoms with Gasteiger partial charge in [0, 0.05) is 18.0 Å². The number of furan rings is 1. The van der Waals surface area contributed by atoms with E-state index in [0.29, 0.717) is 12.2 Å². The van der Waals surface area contributed by atoms with Gasteiger partial charge in [-0.1, -0.05) is 30.3 Å². The molecule has 0 aliphatic heterocycles. The Balaban J connectivity index is 2.11. The van der Waals surface area contributed by atoms with Crippen molar-refractivity contribution in [2.24, 2.45) is 0 Å². The van der Waals surface area contributed by atoms with E-state index in [1.54, 1.807) is 6.07 Å². The quantitative estimate of drug-likeness (QED) is 0.778. The maximum Gasteiger partial charge on any atom is 0.134 e. The summed E-state index contributed by atoms with van der Waals surface area (Å²) in [6.07, 6.45) is 0.358. The number of rotatable bonds is 4. The van der Waals surface area contributed by atoms with Gasteiger partial charge in [0.1, 0.15) is 11.5 Å². The molecule has 2 rings (SSSR count). The molecule has 0 bridgehead atoms. The molecule has 0 aliphatic rings. The molecule has 1 aromatic heterocycles. The van der Waals surface area contributed by atoms with Crippen molar-refractivity contribution in [3.8, 4) is 11.3 Å². The molecule has 3 nitrogen and oxygen atoms in total. The van der Waals surface area contributed by atoms with Gasteiger partial charge in [0.25, 0.3) is 0 Å². The number of aryl methyl sites for hydroxylation is 1. The van der Waals surface area contributed by atoms with Crippen LogP contribution >= 0.6 is 0 Å². The Morgan fingerprint density at radius 3 is 2.56 bits per heavy atom. The minimum atomic E-state index is -1.06. The molecule has 3 heteroatoms. The van der Waals surface area contributed by atoms with E-state index < -0.39 is 5.97 Å². The zero-order valence-corrected chi connectivity index (χ0v) is 8.68. The summed E-state index contributed by atoms with van der Waals surface area (Å²) >= 11 is 0. The Bertz CT molecular complexity index is 471. The molecule has 0 unspecified atom stereocenters. The van der Waals surface area contributed by atoms with Crippen molar-refractivity contribution in [1.29, 1.82) is 0 Å². The monoisotopic (exact) mass is 215 g/mol. The summed E-state index contributed by atoms with van der Waals surface area (Å²) in [6.45, 7) is 0. The average Bonchev–Trinajstić information content (AvgIpc) is 2.76. The fourth-order valence-electron chi connectivity index (χ4n) is 1.50. The highest BCUT2D eigenvalue weighted by Gasteiger charge is 2.03. The second-order valence-electron chi connectivity index (χ2n) is 3.50. The van der Waals surface area contributed by atoms with Crippen LogP contribution < -0.4 is 5.11 Å². The van der Waals surface area contributed by atoms with Crippen LogP contribution in [0.1, 0.15) is 12.2 Å². The largest absolute Gasteiger partial charge is 0.550 e. The summed E-state index contributed by atoms with van der Waals surface area (Å²) in [6, 6.07) is 13.3. The van der Waals surface area contributed by atoms with Crippen LogP contribution in [0.5, 0.6) is 0 Å². The Morgan fingerprint density at radius 2 is 1.88 bits per heavy atom. The molecule has 0 fully saturated rings. The predicted octanol–water partition coefficient (Wildman–Crippen LogP) is 1.63. The maximum absolute atomic E-state index is 10.3. The van der Waals surface area contributed by atoms with Crippen LogP contribution in [0.25, 0.3) is 11.3 Å². The fourth-order valence-corrected chi connectivity index (χ4v) is 1.50. The average molecular weight is 215 g/mol. The summed E-state index contributed by atoms with van der Waals surface area (Å²) in [5, 5.41) is 10.3. The van der Waals surface area contributed by atoms with Crippen molar-refractivity contribution < 1.29 is 14.3 Å². The summed E-state index contributed by atoms with van der Waals surface area (Å²) in [5.74, 6) is 0.370. The Labute approximate surface area is 93.3 Å². The molecule has 2 aromatic rings. The molecule has 0 saturated carbocycles. The summed E-state index contributed by atoms with van der Waals surface area (Å²) in [5.41, 5.74) is 0.988. The van der Waals surface area contributed by atoms with Crippen molar-refractivity contribution in [2.45, 2.75) is 12.8 Å². The number of hydrogen-bond acceptors (Lipinski definition) is 3. The minimum Gasteiger partial charge on any atom is -0.550 e. The zero-order chi connectivity index (χ0) is 11.4. The first-order chi connectivity index (χ1) is 7.75. The van der Waals surface area contributed by atoms with Crippen LogP contribution in [-0.2, 0) is 11.2 Å². The molecule has 0 atom stereocenters. The van der Waals surface area contributed by atoms with Crippen molar-refractivity contribution in [3.63, 3.8) is 0 Å². The number of hydrogen-bond donors (Lipinski definition) is 0. The summed E-state index contributed by atoms with van der Waals surface area (Å²) in [4.78, 5) is 10.3. The molecular formula is C13H11O3-. The van der Waals surface area contributed by atoms with Gasteiger partial charge in [0.2, 0.25) is 0 Å². The van der Waals surface area contributed by atoms with Gasteiger partial charge < -0.3 is 14.3 Å². The highest BCUT2D eigenvalue weighted by molar-refractivity contribution is 5.64. The van der Waals surface area contributed by atoms with E-state index in [-0.39, 0.29) is 6.42 Å². The summed E-state index contributed by atoms with van der Waals surface area (Å²) < 4.78 is 5.53. The van der Waals surface area contributed by atoms with Gasteiger partial charge in [-0.25, -0.2) is 0 Å². The number of carbonyl (C=O) groups excluding carboxylic acids is 1. The highest BCUT2D eigenvalue weighted by Crippen LogP contribution is 2.22.